The summed E-state index contributed by atoms with van der Waals surface area (Å²) in [7, 11) is 0. The van der Waals surface area contributed by atoms with Gasteiger partial charge in [-0.25, -0.2) is 0 Å². The van der Waals surface area contributed by atoms with Crippen molar-refractivity contribution in [3.8, 4) is 0 Å². The lowest BCUT2D eigenvalue weighted by molar-refractivity contribution is -0.0539. The molecule has 3 rings (SSSR count). The molecule has 1 heteroatoms. The van der Waals surface area contributed by atoms with E-state index in [1.54, 1.807) is 12.8 Å². The molecule has 1 nitrogen and oxygen atoms in total. The first-order valence-corrected chi connectivity index (χ1v) is 8.58. The Bertz CT molecular complexity index is 275. The number of fused-ring (bicyclic) bond motifs is 2. The maximum Gasteiger partial charge on any atom is 0.0127 e. The van der Waals surface area contributed by atoms with Gasteiger partial charge in [-0.2, -0.15) is 0 Å². The van der Waals surface area contributed by atoms with Gasteiger partial charge in [0.15, 0.2) is 0 Å². The summed E-state index contributed by atoms with van der Waals surface area (Å²) >= 11 is 0. The fourth-order valence-corrected chi connectivity index (χ4v) is 5.42. The van der Waals surface area contributed by atoms with Crippen LogP contribution in [0.15, 0.2) is 0 Å². The molecule has 18 heavy (non-hydrogen) atoms. The number of rotatable bonds is 5. The average molecular weight is 249 g/mol. The summed E-state index contributed by atoms with van der Waals surface area (Å²) < 4.78 is 0. The van der Waals surface area contributed by atoms with Gasteiger partial charge in [0.2, 0.25) is 0 Å². The average Bonchev–Trinajstić information content (AvgIpc) is 2.83. The molecule has 3 fully saturated rings. The van der Waals surface area contributed by atoms with Crippen molar-refractivity contribution in [1.82, 2.24) is 5.32 Å². The van der Waals surface area contributed by atoms with Crippen LogP contribution >= 0.6 is 0 Å². The molecular weight excluding hydrogens is 218 g/mol. The first-order valence-electron chi connectivity index (χ1n) is 8.58. The van der Waals surface area contributed by atoms with Crippen molar-refractivity contribution < 1.29 is 0 Å². The van der Waals surface area contributed by atoms with Crippen LogP contribution in [0.25, 0.3) is 0 Å². The van der Waals surface area contributed by atoms with Crippen molar-refractivity contribution in [2.75, 3.05) is 6.54 Å². The van der Waals surface area contributed by atoms with Crippen LogP contribution in [-0.4, -0.2) is 12.6 Å². The van der Waals surface area contributed by atoms with Gasteiger partial charge in [-0.3, -0.25) is 0 Å². The Balaban J connectivity index is 1.58. The highest BCUT2D eigenvalue weighted by atomic mass is 15.0. The van der Waals surface area contributed by atoms with Crippen molar-refractivity contribution in [2.24, 2.45) is 29.6 Å². The van der Waals surface area contributed by atoms with Crippen LogP contribution in [0.1, 0.15) is 65.2 Å². The maximum absolute atomic E-state index is 3.81. The minimum atomic E-state index is 0.896. The van der Waals surface area contributed by atoms with E-state index in [2.05, 4.69) is 19.2 Å². The summed E-state index contributed by atoms with van der Waals surface area (Å²) in [5.74, 6) is 5.36. The monoisotopic (exact) mass is 249 g/mol. The summed E-state index contributed by atoms with van der Waals surface area (Å²) in [5.41, 5.74) is 0. The Morgan fingerprint density at radius 1 is 1.06 bits per heavy atom. The van der Waals surface area contributed by atoms with E-state index >= 15 is 0 Å². The van der Waals surface area contributed by atoms with Gasteiger partial charge in [-0.15, -0.1) is 0 Å². The number of hydrogen-bond acceptors (Lipinski definition) is 1. The molecular formula is C17H31N. The van der Waals surface area contributed by atoms with Crippen molar-refractivity contribution in [3.05, 3.63) is 0 Å². The Morgan fingerprint density at radius 2 is 1.94 bits per heavy atom. The highest BCUT2D eigenvalue weighted by Gasteiger charge is 2.52. The second-order valence-electron chi connectivity index (χ2n) is 7.16. The van der Waals surface area contributed by atoms with Crippen LogP contribution in [-0.2, 0) is 0 Å². The lowest BCUT2D eigenvalue weighted by Crippen LogP contribution is -2.53. The van der Waals surface area contributed by atoms with Crippen LogP contribution in [0.5, 0.6) is 0 Å². The molecule has 2 saturated carbocycles. The minimum absolute atomic E-state index is 0.896. The third-order valence-corrected chi connectivity index (χ3v) is 6.37. The van der Waals surface area contributed by atoms with Gasteiger partial charge in [0, 0.05) is 6.04 Å². The number of hydrogen-bond donors (Lipinski definition) is 1. The largest absolute Gasteiger partial charge is 0.313 e. The Kier molecular flexibility index (Phi) is 3.98. The van der Waals surface area contributed by atoms with Crippen molar-refractivity contribution in [3.63, 3.8) is 0 Å². The van der Waals surface area contributed by atoms with Crippen molar-refractivity contribution in [2.45, 2.75) is 71.3 Å². The molecule has 4 unspecified atom stereocenters. The molecule has 104 valence electrons. The van der Waals surface area contributed by atoms with Crippen LogP contribution in [0, 0.1) is 29.6 Å². The molecule has 0 aromatic heterocycles. The van der Waals surface area contributed by atoms with E-state index in [1.165, 1.54) is 45.1 Å². The van der Waals surface area contributed by atoms with Crippen LogP contribution in [0.2, 0.25) is 0 Å². The predicted octanol–water partition coefficient (Wildman–Crippen LogP) is 4.23. The third kappa shape index (κ3) is 2.13. The van der Waals surface area contributed by atoms with Gasteiger partial charge in [0.05, 0.1) is 0 Å². The van der Waals surface area contributed by atoms with Gasteiger partial charge in [0.1, 0.15) is 0 Å². The molecule has 0 radical (unpaired) electrons. The van der Waals surface area contributed by atoms with Gasteiger partial charge < -0.3 is 5.32 Å². The van der Waals surface area contributed by atoms with Crippen LogP contribution in [0.3, 0.4) is 0 Å². The summed E-state index contributed by atoms with van der Waals surface area (Å²) in [6.07, 6.45) is 11.9. The lowest BCUT2D eigenvalue weighted by atomic mass is 9.50. The molecule has 0 spiro atoms. The fraction of sp³-hybridized carbons (Fsp3) is 1.00. The fourth-order valence-electron chi connectivity index (χ4n) is 5.42. The maximum atomic E-state index is 3.81. The molecule has 2 aliphatic carbocycles. The molecule has 0 amide bonds. The van der Waals surface area contributed by atoms with E-state index in [9.17, 15) is 0 Å². The first kappa shape index (κ1) is 13.0. The molecule has 1 aliphatic heterocycles. The van der Waals surface area contributed by atoms with Crippen molar-refractivity contribution in [1.29, 1.82) is 0 Å². The normalized spacial score (nSPS) is 46.3. The topological polar surface area (TPSA) is 12.0 Å². The van der Waals surface area contributed by atoms with Gasteiger partial charge in [-0.1, -0.05) is 46.0 Å². The second kappa shape index (κ2) is 5.53. The van der Waals surface area contributed by atoms with E-state index in [0.717, 1.165) is 35.6 Å². The smallest absolute Gasteiger partial charge is 0.0127 e. The lowest BCUT2D eigenvalue weighted by Gasteiger charge is -2.56. The standard InChI is InChI=1S/C17H31N/c1-3-5-6-7-12-10-16-14(4-2)17-13(8-9-18-17)11-15(12)16/h12-18H,3-11H2,1-2H3/t12?,13?,14?,15-,16?,17+/m1/s1. The highest BCUT2D eigenvalue weighted by molar-refractivity contribution is 5.05. The van der Waals surface area contributed by atoms with E-state index in [1.807, 2.05) is 0 Å². The predicted molar refractivity (Wildman–Crippen MR) is 77.5 cm³/mol. The Hall–Kier alpha value is -0.0400. The molecule has 6 atom stereocenters. The Labute approximate surface area is 113 Å². The minimum Gasteiger partial charge on any atom is -0.313 e. The molecule has 1 N–H and O–H groups in total. The van der Waals surface area contributed by atoms with E-state index in [-0.39, 0.29) is 0 Å². The van der Waals surface area contributed by atoms with E-state index in [0.29, 0.717) is 0 Å². The molecule has 0 aromatic rings. The SMILES string of the molecule is CCCCCC1CC2C(CC)[C@H]3NCCC3C[C@H]12. The summed E-state index contributed by atoms with van der Waals surface area (Å²) in [6.45, 7) is 6.05. The Morgan fingerprint density at radius 3 is 2.72 bits per heavy atom. The van der Waals surface area contributed by atoms with Gasteiger partial charge in [-0.05, 0) is 55.4 Å². The first-order chi connectivity index (χ1) is 8.85. The van der Waals surface area contributed by atoms with Crippen LogP contribution in [0.4, 0.5) is 0 Å². The molecule has 1 heterocycles. The zero-order valence-electron chi connectivity index (χ0n) is 12.3. The molecule has 1 saturated heterocycles. The zero-order valence-corrected chi connectivity index (χ0v) is 12.3. The van der Waals surface area contributed by atoms with E-state index < -0.39 is 0 Å². The van der Waals surface area contributed by atoms with Crippen molar-refractivity contribution >= 4 is 0 Å². The summed E-state index contributed by atoms with van der Waals surface area (Å²) in [5, 5.41) is 3.81. The quantitative estimate of drug-likeness (QED) is 0.719. The molecule has 3 aliphatic rings. The van der Waals surface area contributed by atoms with Gasteiger partial charge in [0.25, 0.3) is 0 Å². The molecule has 0 bridgehead atoms. The summed E-state index contributed by atoms with van der Waals surface area (Å²) in [4.78, 5) is 0. The molecule has 0 aromatic carbocycles. The number of nitrogens with one attached hydrogen (secondary N) is 1. The second-order valence-corrected chi connectivity index (χ2v) is 7.16. The summed E-state index contributed by atoms with van der Waals surface area (Å²) in [6, 6.07) is 0.896. The van der Waals surface area contributed by atoms with Crippen LogP contribution < -0.4 is 5.32 Å². The van der Waals surface area contributed by atoms with Gasteiger partial charge >= 0.3 is 0 Å². The third-order valence-electron chi connectivity index (χ3n) is 6.37. The highest BCUT2D eigenvalue weighted by Crippen LogP contribution is 2.57. The number of unbranched alkanes of at least 4 members (excludes halogenated alkanes) is 2. The zero-order chi connectivity index (χ0) is 12.5. The van der Waals surface area contributed by atoms with E-state index in [4.69, 9.17) is 0 Å².